The van der Waals surface area contributed by atoms with E-state index in [9.17, 15) is 0 Å². The van der Waals surface area contributed by atoms with Gasteiger partial charge in [0.2, 0.25) is 0 Å². The number of aryl methyl sites for hydroxylation is 1. The van der Waals surface area contributed by atoms with Gasteiger partial charge in [-0.15, -0.1) is 0 Å². The molecule has 1 nitrogen and oxygen atoms in total. The summed E-state index contributed by atoms with van der Waals surface area (Å²) in [6.07, 6.45) is 1.13. The maximum atomic E-state index is 7.00. The molecule has 0 spiro atoms. The van der Waals surface area contributed by atoms with Crippen LogP contribution in [0.3, 0.4) is 0 Å². The topological polar surface area (TPSA) is 20.2 Å². The number of benzene rings is 2. The zero-order chi connectivity index (χ0) is 15.0. The Morgan fingerprint density at radius 3 is 1.70 bits per heavy atom. The minimum absolute atomic E-state index is 0.0220. The molecule has 0 fully saturated rings. The van der Waals surface area contributed by atoms with Gasteiger partial charge >= 0.3 is 121 Å². The van der Waals surface area contributed by atoms with E-state index in [0.29, 0.717) is 5.92 Å². The third kappa shape index (κ3) is 5.25. The van der Waals surface area contributed by atoms with Crippen LogP contribution in [0, 0.1) is 7.14 Å². The Labute approximate surface area is 133 Å². The first-order valence-corrected chi connectivity index (χ1v) is 9.13. The van der Waals surface area contributed by atoms with Gasteiger partial charge in [-0.1, -0.05) is 0 Å². The Kier molecular flexibility index (Phi) is 7.85. The predicted molar refractivity (Wildman–Crippen MR) is 81.9 cm³/mol. The van der Waals surface area contributed by atoms with E-state index in [4.69, 9.17) is 5.11 Å². The monoisotopic (exact) mass is 383 g/mol. The van der Waals surface area contributed by atoms with Crippen LogP contribution >= 0.6 is 0 Å². The second-order valence-corrected chi connectivity index (χ2v) is 7.81. The number of aliphatic hydroxyl groups excluding tert-OH is 1. The van der Waals surface area contributed by atoms with Crippen molar-refractivity contribution in [2.75, 3.05) is 7.11 Å². The van der Waals surface area contributed by atoms with Crippen LogP contribution in [0.1, 0.15) is 37.8 Å². The molecule has 0 unspecified atom stereocenters. The molecule has 0 heterocycles. The first-order chi connectivity index (χ1) is 9.69. The fourth-order valence-corrected chi connectivity index (χ4v) is 3.98. The summed E-state index contributed by atoms with van der Waals surface area (Å²) in [4.78, 5) is 0. The molecule has 2 heteroatoms. The van der Waals surface area contributed by atoms with Crippen LogP contribution in [0.15, 0.2) is 48.5 Å². The van der Waals surface area contributed by atoms with Crippen molar-refractivity contribution < 1.29 is 26.3 Å². The zero-order valence-electron chi connectivity index (χ0n) is 12.7. The summed E-state index contributed by atoms with van der Waals surface area (Å²) in [5.74, 6) is 0.626. The fourth-order valence-electron chi connectivity index (χ4n) is 1.82. The molecule has 110 valence electrons. The molecule has 0 saturated carbocycles. The molecule has 20 heavy (non-hydrogen) atoms. The average molecular weight is 383 g/mol. The third-order valence-electron chi connectivity index (χ3n) is 3.08. The van der Waals surface area contributed by atoms with Crippen LogP contribution in [0.5, 0.6) is 0 Å². The van der Waals surface area contributed by atoms with Gasteiger partial charge in [-0.2, -0.15) is 0 Å². The number of hydrogen-bond donors (Lipinski definition) is 1. The Morgan fingerprint density at radius 2 is 1.30 bits per heavy atom. The first-order valence-electron chi connectivity index (χ1n) is 6.97. The SMILES string of the molecule is CCc1ccc([I-]c2ccc(C(C)C)cc2)cc1.CO. The second kappa shape index (κ2) is 9.14. The van der Waals surface area contributed by atoms with E-state index in [0.717, 1.165) is 13.5 Å². The maximum absolute atomic E-state index is 7.00. The van der Waals surface area contributed by atoms with Crippen molar-refractivity contribution in [3.8, 4) is 0 Å². The van der Waals surface area contributed by atoms with E-state index in [1.807, 2.05) is 0 Å². The molecular weight excluding hydrogens is 359 g/mol. The summed E-state index contributed by atoms with van der Waals surface area (Å²) < 4.78 is 3.01. The summed E-state index contributed by atoms with van der Waals surface area (Å²) in [6, 6.07) is 18.3. The van der Waals surface area contributed by atoms with Crippen LogP contribution < -0.4 is 21.2 Å². The van der Waals surface area contributed by atoms with Crippen LogP contribution in [0.4, 0.5) is 0 Å². The van der Waals surface area contributed by atoms with Crippen molar-refractivity contribution in [3.63, 3.8) is 0 Å². The molecule has 2 aromatic rings. The van der Waals surface area contributed by atoms with Crippen molar-refractivity contribution in [3.05, 3.63) is 66.8 Å². The molecule has 0 aromatic heterocycles. The molecule has 0 bridgehead atoms. The normalized spacial score (nSPS) is 10.3. The zero-order valence-corrected chi connectivity index (χ0v) is 14.9. The number of aliphatic hydroxyl groups is 1. The number of rotatable bonds is 4. The quantitative estimate of drug-likeness (QED) is 0.785. The molecule has 0 aliphatic rings. The summed E-state index contributed by atoms with van der Waals surface area (Å²) in [5.41, 5.74) is 2.86. The molecule has 0 amide bonds. The van der Waals surface area contributed by atoms with E-state index in [1.165, 1.54) is 18.3 Å². The van der Waals surface area contributed by atoms with Crippen LogP contribution in [-0.4, -0.2) is 12.2 Å². The number of halogens is 1. The van der Waals surface area contributed by atoms with Gasteiger partial charge in [-0.3, -0.25) is 0 Å². The van der Waals surface area contributed by atoms with Gasteiger partial charge in [0.25, 0.3) is 0 Å². The van der Waals surface area contributed by atoms with Gasteiger partial charge in [0.1, 0.15) is 0 Å². The molecule has 0 atom stereocenters. The Balaban J connectivity index is 0.000000956. The van der Waals surface area contributed by atoms with Crippen molar-refractivity contribution in [1.29, 1.82) is 0 Å². The van der Waals surface area contributed by atoms with E-state index >= 15 is 0 Å². The number of hydrogen-bond acceptors (Lipinski definition) is 1. The smallest absolute Gasteiger partial charge is 0.0319 e. The van der Waals surface area contributed by atoms with E-state index < -0.39 is 0 Å². The summed E-state index contributed by atoms with van der Waals surface area (Å²) in [5, 5.41) is 7.00. The largest absolute Gasteiger partial charge is 0.400 e. The van der Waals surface area contributed by atoms with E-state index in [2.05, 4.69) is 69.3 Å². The maximum Gasteiger partial charge on any atom is 0.0319 e. The van der Waals surface area contributed by atoms with Crippen molar-refractivity contribution in [2.45, 2.75) is 33.1 Å². The van der Waals surface area contributed by atoms with E-state index in [1.54, 1.807) is 0 Å². The molecule has 0 aliphatic carbocycles. The Bertz CT molecular complexity index is 486. The molecule has 2 rings (SSSR count). The van der Waals surface area contributed by atoms with Gasteiger partial charge < -0.3 is 5.11 Å². The van der Waals surface area contributed by atoms with Gasteiger partial charge in [-0.05, 0) is 0 Å². The van der Waals surface area contributed by atoms with Crippen molar-refractivity contribution in [1.82, 2.24) is 0 Å². The summed E-state index contributed by atoms with van der Waals surface area (Å²) in [7, 11) is 1.00. The van der Waals surface area contributed by atoms with E-state index in [-0.39, 0.29) is 21.2 Å². The van der Waals surface area contributed by atoms with Gasteiger partial charge in [-0.25, -0.2) is 0 Å². The summed E-state index contributed by atoms with van der Waals surface area (Å²) >= 11 is -0.0220. The minimum atomic E-state index is -0.0220. The molecular formula is C18H24IO-. The molecule has 1 N–H and O–H groups in total. The van der Waals surface area contributed by atoms with Crippen LogP contribution in [-0.2, 0) is 6.42 Å². The Hall–Kier alpha value is -0.870. The van der Waals surface area contributed by atoms with Gasteiger partial charge in [0, 0.05) is 7.11 Å². The van der Waals surface area contributed by atoms with Gasteiger partial charge in [0.05, 0.1) is 0 Å². The van der Waals surface area contributed by atoms with Gasteiger partial charge in [0.15, 0.2) is 0 Å². The first kappa shape index (κ1) is 17.2. The summed E-state index contributed by atoms with van der Waals surface area (Å²) in [6.45, 7) is 6.69. The fraction of sp³-hybridized carbons (Fsp3) is 0.333. The molecule has 0 saturated heterocycles. The predicted octanol–water partition coefficient (Wildman–Crippen LogP) is 1.11. The third-order valence-corrected chi connectivity index (χ3v) is 5.76. The minimum Gasteiger partial charge on any atom is -0.400 e. The molecule has 2 aromatic carbocycles. The van der Waals surface area contributed by atoms with Crippen LogP contribution in [0.25, 0.3) is 0 Å². The standard InChI is InChI=1S/C17H20I.CH4O/c1-4-14-5-9-16(10-6-14)18-17-11-7-15(8-12-17)13(2)3;1-2/h5-13H,4H2,1-3H3;2H,1H3/q-1;. The second-order valence-electron chi connectivity index (χ2n) is 4.78. The van der Waals surface area contributed by atoms with Crippen molar-refractivity contribution in [2.24, 2.45) is 0 Å². The van der Waals surface area contributed by atoms with Crippen LogP contribution in [0.2, 0.25) is 0 Å². The molecule has 0 radical (unpaired) electrons. The molecule has 0 aliphatic heterocycles. The Morgan fingerprint density at radius 1 is 0.850 bits per heavy atom. The van der Waals surface area contributed by atoms with Crippen molar-refractivity contribution >= 4 is 0 Å². The average Bonchev–Trinajstić information content (AvgIpc) is 2.50.